The fraction of sp³-hybridized carbons (Fsp3) is 0.308. The van der Waals surface area contributed by atoms with Crippen LogP contribution in [0.5, 0.6) is 0 Å². The second-order valence-corrected chi connectivity index (χ2v) is 4.05. The number of methoxy groups -OCH3 is 1. The van der Waals surface area contributed by atoms with Gasteiger partial charge in [-0.25, -0.2) is 4.98 Å². The summed E-state index contributed by atoms with van der Waals surface area (Å²) in [6.45, 7) is 3.66. The summed E-state index contributed by atoms with van der Waals surface area (Å²) < 4.78 is 4.25. The Bertz CT molecular complexity index is 502. The molecule has 0 radical (unpaired) electrons. The third-order valence-electron chi connectivity index (χ3n) is 1.89. The minimum Gasteiger partial charge on any atom is -0.388 e. The van der Waals surface area contributed by atoms with Gasteiger partial charge in [0.25, 0.3) is 0 Å². The van der Waals surface area contributed by atoms with Gasteiger partial charge in [0.05, 0.1) is 4.92 Å². The van der Waals surface area contributed by atoms with Gasteiger partial charge >= 0.3 is 5.69 Å². The second kappa shape index (κ2) is 9.94. The molecule has 0 aliphatic rings. The number of nitrogens with one attached hydrogen (secondary N) is 1. The Morgan fingerprint density at radius 2 is 2.10 bits per heavy atom. The van der Waals surface area contributed by atoms with E-state index in [9.17, 15) is 10.1 Å². The molecule has 7 heteroatoms. The maximum atomic E-state index is 10.8. The predicted molar refractivity (Wildman–Crippen MR) is 81.0 cm³/mol. The molecule has 110 valence electrons. The summed E-state index contributed by atoms with van der Waals surface area (Å²) in [4.78, 5) is 14.2. The molecule has 0 fully saturated rings. The van der Waals surface area contributed by atoms with Crippen molar-refractivity contribution in [3.8, 4) is 0 Å². The van der Waals surface area contributed by atoms with Crippen molar-refractivity contribution in [3.05, 3.63) is 51.3 Å². The first-order valence-corrected chi connectivity index (χ1v) is 6.11. The summed E-state index contributed by atoms with van der Waals surface area (Å²) in [5.74, 6) is 0.140. The topological polar surface area (TPSA) is 77.3 Å². The van der Waals surface area contributed by atoms with Gasteiger partial charge in [0.1, 0.15) is 5.15 Å². The van der Waals surface area contributed by atoms with E-state index in [1.54, 1.807) is 27.2 Å². The van der Waals surface area contributed by atoms with Crippen molar-refractivity contribution in [1.82, 2.24) is 4.98 Å². The zero-order valence-electron chi connectivity index (χ0n) is 11.9. The Kier molecular flexibility index (Phi) is 8.98. The lowest BCUT2D eigenvalue weighted by molar-refractivity contribution is -0.384. The second-order valence-electron chi connectivity index (χ2n) is 3.67. The van der Waals surface area contributed by atoms with Crippen LogP contribution in [0, 0.1) is 10.1 Å². The summed E-state index contributed by atoms with van der Waals surface area (Å²) in [6.07, 6.45) is 5.45. The number of nitro groups is 1. The number of rotatable bonds is 4. The summed E-state index contributed by atoms with van der Waals surface area (Å²) in [5, 5.41) is 13.8. The molecule has 20 heavy (non-hydrogen) atoms. The molecule has 0 spiro atoms. The number of allylic oxidation sites excluding steroid dienone is 4. The van der Waals surface area contributed by atoms with Gasteiger partial charge in [0.2, 0.25) is 5.82 Å². The number of anilines is 1. The zero-order valence-corrected chi connectivity index (χ0v) is 12.6. The molecule has 1 rings (SSSR count). The zero-order chi connectivity index (χ0) is 15.5. The molecule has 0 bridgehead atoms. The van der Waals surface area contributed by atoms with Crippen LogP contribution in [0.2, 0.25) is 5.15 Å². The van der Waals surface area contributed by atoms with Crippen molar-refractivity contribution >= 4 is 23.1 Å². The summed E-state index contributed by atoms with van der Waals surface area (Å²) >= 11 is 5.70. The molecule has 1 aromatic rings. The van der Waals surface area contributed by atoms with Crippen molar-refractivity contribution in [3.63, 3.8) is 0 Å². The van der Waals surface area contributed by atoms with Crippen molar-refractivity contribution in [2.75, 3.05) is 19.5 Å². The molecule has 1 heterocycles. The van der Waals surface area contributed by atoms with Gasteiger partial charge in [-0.2, -0.15) is 0 Å². The fourth-order valence-corrected chi connectivity index (χ4v) is 1.28. The van der Waals surface area contributed by atoms with Crippen LogP contribution in [0.3, 0.4) is 0 Å². The molecule has 0 amide bonds. The van der Waals surface area contributed by atoms with Gasteiger partial charge < -0.3 is 10.1 Å². The minimum atomic E-state index is -0.505. The maximum absolute atomic E-state index is 10.8. The molecule has 0 aliphatic heterocycles. The van der Waals surface area contributed by atoms with E-state index in [4.69, 9.17) is 11.6 Å². The van der Waals surface area contributed by atoms with Crippen LogP contribution in [0.1, 0.15) is 13.8 Å². The van der Waals surface area contributed by atoms with Crippen LogP contribution in [0.15, 0.2) is 36.1 Å². The average Bonchev–Trinajstić information content (AvgIpc) is 2.37. The molecule has 6 nitrogen and oxygen atoms in total. The molecule has 1 aromatic heterocycles. The van der Waals surface area contributed by atoms with E-state index in [0.717, 1.165) is 5.70 Å². The summed E-state index contributed by atoms with van der Waals surface area (Å²) in [5.41, 5.74) is 0.628. The van der Waals surface area contributed by atoms with Gasteiger partial charge in [0.15, 0.2) is 0 Å². The van der Waals surface area contributed by atoms with E-state index in [0.29, 0.717) is 0 Å². The molecule has 0 saturated heterocycles. The lowest BCUT2D eigenvalue weighted by atomic mass is 10.3. The molecule has 0 unspecified atom stereocenters. The van der Waals surface area contributed by atoms with Gasteiger partial charge in [-0.1, -0.05) is 23.8 Å². The van der Waals surface area contributed by atoms with Gasteiger partial charge in [-0.05, 0) is 26.0 Å². The first-order valence-electron chi connectivity index (χ1n) is 5.73. The van der Waals surface area contributed by atoms with Crippen LogP contribution in [0.4, 0.5) is 11.5 Å². The normalized spacial score (nSPS) is 10.9. The molecule has 0 aliphatic carbocycles. The highest BCUT2D eigenvalue weighted by Crippen LogP contribution is 2.24. The number of pyridine rings is 1. The van der Waals surface area contributed by atoms with E-state index >= 15 is 0 Å². The monoisotopic (exact) mass is 299 g/mol. The predicted octanol–water partition coefficient (Wildman–Crippen LogP) is 3.80. The largest absolute Gasteiger partial charge is 0.388 e. The highest BCUT2D eigenvalue weighted by atomic mass is 35.5. The molecule has 0 saturated carbocycles. The van der Waals surface area contributed by atoms with Crippen LogP contribution < -0.4 is 5.32 Å². The van der Waals surface area contributed by atoms with E-state index in [-0.39, 0.29) is 16.7 Å². The molecular weight excluding hydrogens is 282 g/mol. The Morgan fingerprint density at radius 3 is 2.60 bits per heavy atom. The average molecular weight is 300 g/mol. The highest BCUT2D eigenvalue weighted by Gasteiger charge is 2.15. The smallest absolute Gasteiger partial charge is 0.311 e. The Hall–Kier alpha value is -1.92. The number of hydrogen-bond acceptors (Lipinski definition) is 5. The van der Waals surface area contributed by atoms with Crippen LogP contribution >= 0.6 is 11.6 Å². The molecule has 0 aromatic carbocycles. The minimum absolute atomic E-state index is 0.109. The van der Waals surface area contributed by atoms with Crippen LogP contribution in [-0.2, 0) is 4.74 Å². The van der Waals surface area contributed by atoms with E-state index in [2.05, 4.69) is 15.0 Å². The number of halogens is 1. The van der Waals surface area contributed by atoms with Crippen LogP contribution in [0.25, 0.3) is 0 Å². The lowest BCUT2D eigenvalue weighted by Gasteiger charge is -2.05. The number of nitrogens with zero attached hydrogens (tertiary/aromatic N) is 2. The van der Waals surface area contributed by atoms with E-state index in [1.165, 1.54) is 12.1 Å². The van der Waals surface area contributed by atoms with Crippen molar-refractivity contribution in [2.45, 2.75) is 13.8 Å². The molecular formula is C13H18ClN3O3. The third-order valence-corrected chi connectivity index (χ3v) is 2.10. The summed E-state index contributed by atoms with van der Waals surface area (Å²) in [6, 6.07) is 2.70. The molecule has 1 N–H and O–H groups in total. The van der Waals surface area contributed by atoms with Crippen molar-refractivity contribution in [1.29, 1.82) is 0 Å². The highest BCUT2D eigenvalue weighted by molar-refractivity contribution is 6.29. The SMILES string of the molecule is C/C=C/C=C(\C)Nc1nc(Cl)ccc1[N+](=O)[O-].COC. The van der Waals surface area contributed by atoms with Crippen molar-refractivity contribution < 1.29 is 9.66 Å². The van der Waals surface area contributed by atoms with Gasteiger partial charge in [-0.3, -0.25) is 10.1 Å². The van der Waals surface area contributed by atoms with Gasteiger partial charge in [0, 0.05) is 26.0 Å². The number of ether oxygens (including phenoxy) is 1. The Morgan fingerprint density at radius 1 is 1.50 bits per heavy atom. The van der Waals surface area contributed by atoms with Gasteiger partial charge in [-0.15, -0.1) is 0 Å². The Balaban J connectivity index is 0.00000110. The fourth-order valence-electron chi connectivity index (χ4n) is 1.14. The van der Waals surface area contributed by atoms with Crippen molar-refractivity contribution in [2.24, 2.45) is 0 Å². The van der Waals surface area contributed by atoms with E-state index in [1.807, 2.05) is 19.1 Å². The van der Waals surface area contributed by atoms with Crippen LogP contribution in [-0.4, -0.2) is 24.1 Å². The standard InChI is InChI=1S/C11H12ClN3O2.C2H6O/c1-3-4-5-8(2)13-11-9(15(16)17)6-7-10(12)14-11;1-3-2/h3-7H,1-2H3,(H,13,14);1-2H3/b4-3+,8-5+;. The number of hydrogen-bond donors (Lipinski definition) is 1. The Labute approximate surface area is 123 Å². The quantitative estimate of drug-likeness (QED) is 0.396. The first-order chi connectivity index (χ1) is 9.46. The number of aromatic nitrogens is 1. The van der Waals surface area contributed by atoms with E-state index < -0.39 is 4.92 Å². The first kappa shape index (κ1) is 18.1. The maximum Gasteiger partial charge on any atom is 0.311 e. The summed E-state index contributed by atoms with van der Waals surface area (Å²) in [7, 11) is 3.25. The third kappa shape index (κ3) is 6.86. The molecule has 0 atom stereocenters. The lowest BCUT2D eigenvalue weighted by Crippen LogP contribution is -2.02.